The number of ether oxygens (including phenoxy) is 2. The van der Waals surface area contributed by atoms with Crippen molar-refractivity contribution in [2.45, 2.75) is 38.0 Å². The largest absolute Gasteiger partial charge is 0.492 e. The summed E-state index contributed by atoms with van der Waals surface area (Å²) < 4.78 is 11.9. The molecule has 3 rings (SSSR count). The lowest BCUT2D eigenvalue weighted by Gasteiger charge is -2.37. The van der Waals surface area contributed by atoms with Gasteiger partial charge in [0.05, 0.1) is 29.7 Å². The second kappa shape index (κ2) is 5.85. The summed E-state index contributed by atoms with van der Waals surface area (Å²) in [5, 5.41) is 9.67. The van der Waals surface area contributed by atoms with Crippen LogP contribution in [-0.4, -0.2) is 30.9 Å². The third-order valence-electron chi connectivity index (χ3n) is 4.83. The van der Waals surface area contributed by atoms with E-state index in [9.17, 15) is 9.90 Å². The van der Waals surface area contributed by atoms with Gasteiger partial charge in [-0.1, -0.05) is 25.8 Å². The average Bonchev–Trinajstić information content (AvgIpc) is 2.95. The highest BCUT2D eigenvalue weighted by Gasteiger charge is 2.43. The predicted molar refractivity (Wildman–Crippen MR) is 86.3 cm³/mol. The number of hydrogen-bond donors (Lipinski definition) is 1. The molecule has 1 N–H and O–H groups in total. The van der Waals surface area contributed by atoms with E-state index in [2.05, 4.69) is 22.9 Å². The molecular formula is C17H21BrO4. The van der Waals surface area contributed by atoms with Gasteiger partial charge in [0.25, 0.3) is 0 Å². The molecule has 1 saturated carbocycles. The Hall–Kier alpha value is -1.07. The van der Waals surface area contributed by atoms with Crippen LogP contribution in [0.25, 0.3) is 0 Å². The van der Waals surface area contributed by atoms with Crippen molar-refractivity contribution in [1.82, 2.24) is 0 Å². The van der Waals surface area contributed by atoms with Crippen molar-refractivity contribution in [3.05, 3.63) is 28.2 Å². The molecule has 1 aliphatic heterocycles. The lowest BCUT2D eigenvalue weighted by Crippen LogP contribution is -2.44. The van der Waals surface area contributed by atoms with E-state index in [0.29, 0.717) is 19.4 Å². The van der Waals surface area contributed by atoms with Gasteiger partial charge in [-0.2, -0.15) is 0 Å². The first-order valence-electron chi connectivity index (χ1n) is 7.69. The van der Waals surface area contributed by atoms with Gasteiger partial charge in [0.2, 0.25) is 0 Å². The highest BCUT2D eigenvalue weighted by Crippen LogP contribution is 2.43. The molecular weight excluding hydrogens is 348 g/mol. The molecule has 120 valence electrons. The molecule has 1 aromatic carbocycles. The van der Waals surface area contributed by atoms with Gasteiger partial charge >= 0.3 is 5.97 Å². The number of benzene rings is 1. The summed E-state index contributed by atoms with van der Waals surface area (Å²) in [7, 11) is 0. The summed E-state index contributed by atoms with van der Waals surface area (Å²) in [6.45, 7) is 4.20. The molecule has 1 saturated heterocycles. The van der Waals surface area contributed by atoms with Crippen molar-refractivity contribution >= 4 is 21.9 Å². The molecule has 5 heteroatoms. The zero-order valence-electron chi connectivity index (χ0n) is 12.7. The number of halogens is 1. The maximum atomic E-state index is 11.8. The van der Waals surface area contributed by atoms with Crippen LogP contribution in [0, 0.1) is 5.41 Å². The Morgan fingerprint density at radius 1 is 1.36 bits per heavy atom. The predicted octanol–water partition coefficient (Wildman–Crippen LogP) is 3.76. The van der Waals surface area contributed by atoms with Gasteiger partial charge in [-0.3, -0.25) is 4.79 Å². The maximum Gasteiger partial charge on any atom is 0.314 e. The van der Waals surface area contributed by atoms with Crippen LogP contribution >= 0.6 is 15.9 Å². The minimum atomic E-state index is -0.727. The van der Waals surface area contributed by atoms with E-state index in [-0.39, 0.29) is 5.41 Å². The van der Waals surface area contributed by atoms with Gasteiger partial charge in [-0.15, -0.1) is 0 Å². The number of carboxylic acid groups (broad SMARTS) is 1. The Balaban J connectivity index is 1.78. The maximum absolute atomic E-state index is 11.8. The highest BCUT2D eigenvalue weighted by molar-refractivity contribution is 9.10. The molecule has 0 atom stereocenters. The SMILES string of the molecule is CC1(COc2ccc(C3(C(=O)O)CCCC3)cc2Br)COC1. The van der Waals surface area contributed by atoms with E-state index in [4.69, 9.17) is 9.47 Å². The molecule has 22 heavy (non-hydrogen) atoms. The van der Waals surface area contributed by atoms with Crippen molar-refractivity contribution in [3.8, 4) is 5.75 Å². The molecule has 0 radical (unpaired) electrons. The van der Waals surface area contributed by atoms with E-state index in [1.165, 1.54) is 0 Å². The molecule has 0 aromatic heterocycles. The van der Waals surface area contributed by atoms with Crippen molar-refractivity contribution in [2.75, 3.05) is 19.8 Å². The lowest BCUT2D eigenvalue weighted by atomic mass is 9.79. The van der Waals surface area contributed by atoms with E-state index in [1.54, 1.807) is 0 Å². The average molecular weight is 369 g/mol. The summed E-state index contributed by atoms with van der Waals surface area (Å²) in [5.41, 5.74) is 0.232. The monoisotopic (exact) mass is 368 g/mol. The number of hydrogen-bond acceptors (Lipinski definition) is 3. The highest BCUT2D eigenvalue weighted by atomic mass is 79.9. The van der Waals surface area contributed by atoms with Crippen molar-refractivity contribution in [1.29, 1.82) is 0 Å². The van der Waals surface area contributed by atoms with Gasteiger partial charge in [0.15, 0.2) is 0 Å². The molecule has 0 amide bonds. The zero-order valence-corrected chi connectivity index (χ0v) is 14.3. The fourth-order valence-corrected chi connectivity index (χ4v) is 3.80. The van der Waals surface area contributed by atoms with E-state index in [1.807, 2.05) is 18.2 Å². The summed E-state index contributed by atoms with van der Waals surface area (Å²) in [5.74, 6) is 0.0418. The van der Waals surface area contributed by atoms with Gasteiger partial charge in [0.1, 0.15) is 5.75 Å². The van der Waals surface area contributed by atoms with Crippen LogP contribution in [0.2, 0.25) is 0 Å². The fraction of sp³-hybridized carbons (Fsp3) is 0.588. The Kier molecular flexibility index (Phi) is 4.21. The first-order valence-corrected chi connectivity index (χ1v) is 8.49. The van der Waals surface area contributed by atoms with Gasteiger partial charge < -0.3 is 14.6 Å². The molecule has 0 bridgehead atoms. The van der Waals surface area contributed by atoms with Crippen LogP contribution < -0.4 is 4.74 Å². The molecule has 1 aromatic rings. The second-order valence-electron chi connectivity index (χ2n) is 6.83. The third-order valence-corrected chi connectivity index (χ3v) is 5.45. The summed E-state index contributed by atoms with van der Waals surface area (Å²) in [6.07, 6.45) is 3.37. The number of aliphatic carboxylic acids is 1. The van der Waals surface area contributed by atoms with E-state index in [0.717, 1.165) is 41.8 Å². The molecule has 0 unspecified atom stereocenters. The minimum Gasteiger partial charge on any atom is -0.492 e. The van der Waals surface area contributed by atoms with Crippen molar-refractivity contribution in [2.24, 2.45) is 5.41 Å². The number of carboxylic acids is 1. The van der Waals surface area contributed by atoms with E-state index >= 15 is 0 Å². The molecule has 1 heterocycles. The topological polar surface area (TPSA) is 55.8 Å². The lowest BCUT2D eigenvalue weighted by molar-refractivity contribution is -0.143. The van der Waals surface area contributed by atoms with Crippen molar-refractivity contribution in [3.63, 3.8) is 0 Å². The molecule has 0 spiro atoms. The van der Waals surface area contributed by atoms with Crippen LogP contribution in [0.1, 0.15) is 38.2 Å². The standard InChI is InChI=1S/C17H21BrO4/c1-16(9-21-10-16)11-22-14-5-4-12(8-13(14)18)17(15(19)20)6-2-3-7-17/h4-5,8H,2-3,6-7,9-11H2,1H3,(H,19,20). The zero-order chi connectivity index (χ0) is 15.8. The Labute approximate surface area is 138 Å². The van der Waals surface area contributed by atoms with Gasteiger partial charge in [-0.25, -0.2) is 0 Å². The molecule has 4 nitrogen and oxygen atoms in total. The fourth-order valence-electron chi connectivity index (χ4n) is 3.31. The number of rotatable bonds is 5. The van der Waals surface area contributed by atoms with Crippen LogP contribution in [-0.2, 0) is 14.9 Å². The normalized spacial score (nSPS) is 22.1. The first-order chi connectivity index (χ1) is 10.5. The molecule has 2 fully saturated rings. The van der Waals surface area contributed by atoms with Crippen molar-refractivity contribution < 1.29 is 19.4 Å². The molecule has 1 aliphatic carbocycles. The summed E-state index contributed by atoms with van der Waals surface area (Å²) in [6, 6.07) is 5.69. The Morgan fingerprint density at radius 2 is 2.05 bits per heavy atom. The number of carbonyl (C=O) groups is 1. The van der Waals surface area contributed by atoms with Crippen LogP contribution in [0.15, 0.2) is 22.7 Å². The molecule has 2 aliphatic rings. The van der Waals surface area contributed by atoms with Crippen LogP contribution in [0.4, 0.5) is 0 Å². The quantitative estimate of drug-likeness (QED) is 0.859. The summed E-state index contributed by atoms with van der Waals surface area (Å²) >= 11 is 3.53. The smallest absolute Gasteiger partial charge is 0.314 e. The van der Waals surface area contributed by atoms with Gasteiger partial charge in [0, 0.05) is 5.41 Å². The van der Waals surface area contributed by atoms with E-state index < -0.39 is 11.4 Å². The van der Waals surface area contributed by atoms with Crippen LogP contribution in [0.3, 0.4) is 0 Å². The van der Waals surface area contributed by atoms with Gasteiger partial charge in [-0.05, 0) is 46.5 Å². The minimum absolute atomic E-state index is 0.0891. The Morgan fingerprint density at radius 3 is 2.55 bits per heavy atom. The third kappa shape index (κ3) is 2.76. The summed E-state index contributed by atoms with van der Waals surface area (Å²) in [4.78, 5) is 11.8. The second-order valence-corrected chi connectivity index (χ2v) is 7.69. The first kappa shape index (κ1) is 15.8. The van der Waals surface area contributed by atoms with Crippen LogP contribution in [0.5, 0.6) is 5.75 Å². The Bertz CT molecular complexity index is 574.